The van der Waals surface area contributed by atoms with Crippen LogP contribution in [0.3, 0.4) is 0 Å². The Kier molecular flexibility index (Phi) is 2.66. The average molecular weight is 243 g/mol. The van der Waals surface area contributed by atoms with Crippen LogP contribution in [0, 0.1) is 0 Å². The first kappa shape index (κ1) is 10.8. The third kappa shape index (κ3) is 1.85. The first-order chi connectivity index (χ1) is 7.04. The lowest BCUT2D eigenvalue weighted by Gasteiger charge is -2.20. The lowest BCUT2D eigenvalue weighted by atomic mass is 10.1. The molecule has 0 fully saturated rings. The Morgan fingerprint density at radius 3 is 2.80 bits per heavy atom. The molecule has 0 spiro atoms. The fourth-order valence-electron chi connectivity index (χ4n) is 1.18. The quantitative estimate of drug-likeness (QED) is 0.759. The van der Waals surface area contributed by atoms with Crippen LogP contribution in [0.5, 0.6) is 0 Å². The molecule has 2 aromatic rings. The minimum atomic E-state index is -0.512. The zero-order chi connectivity index (χ0) is 11.1. The predicted molar refractivity (Wildman–Crippen MR) is 62.5 cm³/mol. The Labute approximate surface area is 97.1 Å². The van der Waals surface area contributed by atoms with Crippen molar-refractivity contribution in [2.24, 2.45) is 0 Å². The number of aromatic nitrogens is 2. The molecule has 0 radical (unpaired) electrons. The van der Waals surface area contributed by atoms with E-state index in [0.717, 1.165) is 10.2 Å². The highest BCUT2D eigenvalue weighted by Crippen LogP contribution is 2.29. The molecule has 5 heteroatoms. The van der Waals surface area contributed by atoms with Crippen molar-refractivity contribution < 1.29 is 4.74 Å². The van der Waals surface area contributed by atoms with E-state index in [1.165, 1.54) is 0 Å². The predicted octanol–water partition coefficient (Wildman–Crippen LogP) is 3.23. The van der Waals surface area contributed by atoms with Crippen LogP contribution in [0.1, 0.15) is 19.7 Å². The number of hydrogen-bond donors (Lipinski definition) is 0. The van der Waals surface area contributed by atoms with Crippen LogP contribution in [-0.2, 0) is 10.3 Å². The highest BCUT2D eigenvalue weighted by atomic mass is 35.5. The summed E-state index contributed by atoms with van der Waals surface area (Å²) in [5.41, 5.74) is -0.512. The Morgan fingerprint density at radius 2 is 2.13 bits per heavy atom. The van der Waals surface area contributed by atoms with Gasteiger partial charge in [-0.3, -0.25) is 0 Å². The van der Waals surface area contributed by atoms with Crippen molar-refractivity contribution in [1.29, 1.82) is 0 Å². The number of thiophene rings is 1. The molecular formula is C10H11ClN2OS. The molecule has 0 saturated heterocycles. The van der Waals surface area contributed by atoms with Crippen LogP contribution in [0.15, 0.2) is 11.4 Å². The summed E-state index contributed by atoms with van der Waals surface area (Å²) in [6, 6.07) is 1.92. The number of hydrogen-bond acceptors (Lipinski definition) is 4. The Hall–Kier alpha value is -0.710. The van der Waals surface area contributed by atoms with E-state index in [2.05, 4.69) is 9.97 Å². The van der Waals surface area contributed by atoms with Crippen molar-refractivity contribution >= 4 is 33.2 Å². The molecule has 15 heavy (non-hydrogen) atoms. The number of halogens is 1. The van der Waals surface area contributed by atoms with Crippen molar-refractivity contribution in [2.75, 3.05) is 7.11 Å². The molecule has 2 aromatic heterocycles. The summed E-state index contributed by atoms with van der Waals surface area (Å²) in [6.45, 7) is 3.83. The van der Waals surface area contributed by atoms with Crippen LogP contribution in [0.2, 0.25) is 5.15 Å². The summed E-state index contributed by atoms with van der Waals surface area (Å²) in [4.78, 5) is 9.59. The van der Waals surface area contributed by atoms with Crippen LogP contribution in [0.25, 0.3) is 10.2 Å². The maximum absolute atomic E-state index is 6.07. The van der Waals surface area contributed by atoms with Gasteiger partial charge in [-0.15, -0.1) is 11.3 Å². The lowest BCUT2D eigenvalue weighted by Crippen LogP contribution is -2.22. The molecule has 0 N–H and O–H groups in total. The number of methoxy groups -OCH3 is 1. The summed E-state index contributed by atoms with van der Waals surface area (Å²) in [5.74, 6) is 0.616. The van der Waals surface area contributed by atoms with E-state index in [9.17, 15) is 0 Å². The summed E-state index contributed by atoms with van der Waals surface area (Å²) < 4.78 is 5.33. The molecule has 2 heterocycles. The average Bonchev–Trinajstić information content (AvgIpc) is 2.66. The molecule has 0 bridgehead atoms. The van der Waals surface area contributed by atoms with Gasteiger partial charge in [0.1, 0.15) is 15.6 Å². The Morgan fingerprint density at radius 1 is 1.40 bits per heavy atom. The van der Waals surface area contributed by atoms with Gasteiger partial charge in [0, 0.05) is 12.5 Å². The zero-order valence-corrected chi connectivity index (χ0v) is 10.3. The fourth-order valence-corrected chi connectivity index (χ4v) is 2.23. The van der Waals surface area contributed by atoms with Gasteiger partial charge in [0.2, 0.25) is 0 Å². The van der Waals surface area contributed by atoms with Gasteiger partial charge in [-0.05, 0) is 25.3 Å². The third-order valence-electron chi connectivity index (χ3n) is 2.33. The largest absolute Gasteiger partial charge is 0.371 e. The van der Waals surface area contributed by atoms with Crippen LogP contribution in [-0.4, -0.2) is 17.1 Å². The molecule has 0 aliphatic heterocycles. The molecule has 3 nitrogen and oxygen atoms in total. The van der Waals surface area contributed by atoms with Crippen molar-refractivity contribution in [1.82, 2.24) is 9.97 Å². The van der Waals surface area contributed by atoms with Gasteiger partial charge in [0.15, 0.2) is 5.82 Å². The Balaban J connectivity index is 2.63. The van der Waals surface area contributed by atoms with Gasteiger partial charge < -0.3 is 4.74 Å². The fraction of sp³-hybridized carbons (Fsp3) is 0.400. The summed E-state index contributed by atoms with van der Waals surface area (Å²) in [7, 11) is 1.63. The van der Waals surface area contributed by atoms with Gasteiger partial charge >= 0.3 is 0 Å². The highest BCUT2D eigenvalue weighted by Gasteiger charge is 2.24. The summed E-state index contributed by atoms with van der Waals surface area (Å²) in [5, 5.41) is 3.34. The molecule has 2 rings (SSSR count). The van der Waals surface area contributed by atoms with Crippen molar-refractivity contribution in [3.63, 3.8) is 0 Å². The van der Waals surface area contributed by atoms with E-state index in [0.29, 0.717) is 11.0 Å². The third-order valence-corrected chi connectivity index (χ3v) is 3.42. The van der Waals surface area contributed by atoms with E-state index >= 15 is 0 Å². The van der Waals surface area contributed by atoms with Crippen molar-refractivity contribution in [2.45, 2.75) is 19.4 Å². The molecular weight excluding hydrogens is 232 g/mol. The lowest BCUT2D eigenvalue weighted by molar-refractivity contribution is 0.0118. The summed E-state index contributed by atoms with van der Waals surface area (Å²) >= 11 is 7.62. The minimum Gasteiger partial charge on any atom is -0.371 e. The van der Waals surface area contributed by atoms with Crippen LogP contribution in [0.4, 0.5) is 0 Å². The molecule has 0 aromatic carbocycles. The number of fused-ring (bicyclic) bond motifs is 1. The maximum atomic E-state index is 6.07. The van der Waals surface area contributed by atoms with E-state index in [1.54, 1.807) is 18.4 Å². The second-order valence-corrected chi connectivity index (χ2v) is 4.94. The topological polar surface area (TPSA) is 35.0 Å². The first-order valence-electron chi connectivity index (χ1n) is 4.51. The second-order valence-electron chi connectivity index (χ2n) is 3.69. The summed E-state index contributed by atoms with van der Waals surface area (Å²) in [6.07, 6.45) is 0. The number of nitrogens with zero attached hydrogens (tertiary/aromatic N) is 2. The molecule has 0 aliphatic rings. The minimum absolute atomic E-state index is 0.487. The molecule has 0 atom stereocenters. The van der Waals surface area contributed by atoms with Crippen molar-refractivity contribution in [3.8, 4) is 0 Å². The van der Waals surface area contributed by atoms with Gasteiger partial charge in [-0.1, -0.05) is 11.6 Å². The maximum Gasteiger partial charge on any atom is 0.162 e. The first-order valence-corrected chi connectivity index (χ1v) is 5.77. The Bertz CT molecular complexity index is 495. The zero-order valence-electron chi connectivity index (χ0n) is 8.74. The van der Waals surface area contributed by atoms with Crippen LogP contribution >= 0.6 is 22.9 Å². The standard InChI is InChI=1S/C10H11ClN2OS/c1-10(2,14-3)9-12-7(11)6-4-5-15-8(6)13-9/h4-5H,1-3H3. The SMILES string of the molecule is COC(C)(C)c1nc(Cl)c2ccsc2n1. The molecule has 0 unspecified atom stereocenters. The monoisotopic (exact) mass is 242 g/mol. The van der Waals surface area contributed by atoms with Gasteiger partial charge in [0.25, 0.3) is 0 Å². The molecule has 0 aliphatic carbocycles. The van der Waals surface area contributed by atoms with Gasteiger partial charge in [-0.25, -0.2) is 9.97 Å². The smallest absolute Gasteiger partial charge is 0.162 e. The van der Waals surface area contributed by atoms with Gasteiger partial charge in [0.05, 0.1) is 0 Å². The number of ether oxygens (including phenoxy) is 1. The van der Waals surface area contributed by atoms with E-state index in [1.807, 2.05) is 25.3 Å². The number of rotatable bonds is 2. The molecule has 0 saturated carbocycles. The van der Waals surface area contributed by atoms with Gasteiger partial charge in [-0.2, -0.15) is 0 Å². The van der Waals surface area contributed by atoms with E-state index in [-0.39, 0.29) is 0 Å². The van der Waals surface area contributed by atoms with Crippen LogP contribution < -0.4 is 0 Å². The van der Waals surface area contributed by atoms with Crippen molar-refractivity contribution in [3.05, 3.63) is 22.4 Å². The van der Waals surface area contributed by atoms with E-state index < -0.39 is 5.60 Å². The normalized spacial score (nSPS) is 12.3. The molecule has 80 valence electrons. The molecule has 0 amide bonds. The highest BCUT2D eigenvalue weighted by molar-refractivity contribution is 7.16. The van der Waals surface area contributed by atoms with E-state index in [4.69, 9.17) is 16.3 Å². The second kappa shape index (κ2) is 3.70.